The fourth-order valence-electron chi connectivity index (χ4n) is 1.75. The Labute approximate surface area is 114 Å². The highest BCUT2D eigenvalue weighted by Crippen LogP contribution is 2.11. The number of methoxy groups -OCH3 is 1. The van der Waals surface area contributed by atoms with Crippen LogP contribution in [0.1, 0.15) is 49.9 Å². The van der Waals surface area contributed by atoms with Crippen LogP contribution in [0.25, 0.3) is 0 Å². The highest BCUT2D eigenvalue weighted by molar-refractivity contribution is 5.95. The Balaban J connectivity index is 2.64. The maximum Gasteiger partial charge on any atom is 0.271 e. The molecule has 104 valence electrons. The summed E-state index contributed by atoms with van der Waals surface area (Å²) in [5, 5.41) is 4.21. The number of nitrogens with zero attached hydrogens (tertiary/aromatic N) is 1. The average Bonchev–Trinajstić information content (AvgIpc) is 2.45. The number of rotatable bonds is 7. The normalized spacial score (nSPS) is 9.84. The fourth-order valence-corrected chi connectivity index (χ4v) is 1.75. The van der Waals surface area contributed by atoms with Crippen LogP contribution in [-0.4, -0.2) is 18.7 Å². The molecule has 0 radical (unpaired) electrons. The van der Waals surface area contributed by atoms with Crippen molar-refractivity contribution >= 4 is 11.6 Å². The van der Waals surface area contributed by atoms with E-state index in [1.807, 2.05) is 0 Å². The molecule has 0 saturated heterocycles. The summed E-state index contributed by atoms with van der Waals surface area (Å²) in [4.78, 5) is 11.9. The van der Waals surface area contributed by atoms with Crippen LogP contribution < -0.4 is 10.2 Å². The Hall–Kier alpha value is -1.84. The molecule has 0 fully saturated rings. The Bertz CT molecular complexity index is 416. The van der Waals surface area contributed by atoms with Crippen molar-refractivity contribution in [2.75, 3.05) is 7.11 Å². The van der Waals surface area contributed by atoms with Crippen LogP contribution in [0, 0.1) is 0 Å². The van der Waals surface area contributed by atoms with E-state index in [4.69, 9.17) is 4.74 Å². The van der Waals surface area contributed by atoms with Gasteiger partial charge in [-0.15, -0.1) is 0 Å². The van der Waals surface area contributed by atoms with Crippen LogP contribution in [0.15, 0.2) is 29.4 Å². The first kappa shape index (κ1) is 15.2. The van der Waals surface area contributed by atoms with E-state index in [0.717, 1.165) is 37.1 Å². The van der Waals surface area contributed by atoms with E-state index < -0.39 is 0 Å². The highest BCUT2D eigenvalue weighted by atomic mass is 16.5. The Morgan fingerprint density at radius 2 is 1.74 bits per heavy atom. The molecule has 4 nitrogen and oxygen atoms in total. The summed E-state index contributed by atoms with van der Waals surface area (Å²) in [5.41, 5.74) is 4.24. The lowest BCUT2D eigenvalue weighted by Crippen LogP contribution is -2.19. The van der Waals surface area contributed by atoms with E-state index in [9.17, 15) is 4.79 Å². The molecule has 19 heavy (non-hydrogen) atoms. The van der Waals surface area contributed by atoms with Crippen LogP contribution in [0.2, 0.25) is 0 Å². The smallest absolute Gasteiger partial charge is 0.271 e. The molecule has 1 aromatic carbocycles. The van der Waals surface area contributed by atoms with Crippen molar-refractivity contribution in [2.24, 2.45) is 5.10 Å². The van der Waals surface area contributed by atoms with Crippen molar-refractivity contribution in [2.45, 2.75) is 39.5 Å². The minimum atomic E-state index is -0.188. The first-order valence-electron chi connectivity index (χ1n) is 6.71. The molecule has 0 heterocycles. The second-order valence-electron chi connectivity index (χ2n) is 4.35. The van der Waals surface area contributed by atoms with Crippen LogP contribution >= 0.6 is 0 Å². The summed E-state index contributed by atoms with van der Waals surface area (Å²) in [5.74, 6) is 0.546. The molecule has 1 rings (SSSR count). The van der Waals surface area contributed by atoms with Crippen LogP contribution in [0.4, 0.5) is 0 Å². The quantitative estimate of drug-likeness (QED) is 0.605. The van der Waals surface area contributed by atoms with Gasteiger partial charge < -0.3 is 4.74 Å². The number of carbonyl (C=O) groups is 1. The highest BCUT2D eigenvalue weighted by Gasteiger charge is 2.05. The van der Waals surface area contributed by atoms with E-state index in [1.165, 1.54) is 0 Å². The van der Waals surface area contributed by atoms with Gasteiger partial charge in [-0.2, -0.15) is 5.10 Å². The number of amides is 1. The second-order valence-corrected chi connectivity index (χ2v) is 4.35. The molecule has 4 heteroatoms. The standard InChI is InChI=1S/C15H22N2O2/c1-4-6-13(7-5-2)16-17-15(18)12-8-10-14(19-3)11-9-12/h8-11H,4-7H2,1-3H3,(H,17,18). The van der Waals surface area contributed by atoms with E-state index in [2.05, 4.69) is 24.4 Å². The Morgan fingerprint density at radius 3 is 2.21 bits per heavy atom. The molecule has 0 aliphatic carbocycles. The van der Waals surface area contributed by atoms with Gasteiger partial charge in [0.05, 0.1) is 7.11 Å². The first-order valence-corrected chi connectivity index (χ1v) is 6.71. The van der Waals surface area contributed by atoms with Gasteiger partial charge >= 0.3 is 0 Å². The summed E-state index contributed by atoms with van der Waals surface area (Å²) in [6, 6.07) is 6.97. The van der Waals surface area contributed by atoms with Gasteiger partial charge in [0.25, 0.3) is 5.91 Å². The van der Waals surface area contributed by atoms with Gasteiger partial charge in [-0.1, -0.05) is 26.7 Å². The molecule has 0 bridgehead atoms. The maximum absolute atomic E-state index is 11.9. The molecule has 1 N–H and O–H groups in total. The van der Waals surface area contributed by atoms with Crippen molar-refractivity contribution in [3.63, 3.8) is 0 Å². The largest absolute Gasteiger partial charge is 0.497 e. The first-order chi connectivity index (χ1) is 9.21. The molecule has 0 atom stereocenters. The van der Waals surface area contributed by atoms with Crippen LogP contribution in [-0.2, 0) is 0 Å². The zero-order chi connectivity index (χ0) is 14.1. The van der Waals surface area contributed by atoms with E-state index >= 15 is 0 Å². The lowest BCUT2D eigenvalue weighted by atomic mass is 10.1. The zero-order valence-electron chi connectivity index (χ0n) is 11.9. The third-order valence-corrected chi connectivity index (χ3v) is 2.74. The lowest BCUT2D eigenvalue weighted by Gasteiger charge is -2.05. The Morgan fingerprint density at radius 1 is 1.16 bits per heavy atom. The van der Waals surface area contributed by atoms with Crippen molar-refractivity contribution in [3.8, 4) is 5.75 Å². The van der Waals surface area contributed by atoms with Crippen molar-refractivity contribution in [3.05, 3.63) is 29.8 Å². The summed E-state index contributed by atoms with van der Waals surface area (Å²) < 4.78 is 5.05. The van der Waals surface area contributed by atoms with Crippen LogP contribution in [0.5, 0.6) is 5.75 Å². The van der Waals surface area contributed by atoms with Crippen molar-refractivity contribution in [1.82, 2.24) is 5.43 Å². The van der Waals surface area contributed by atoms with E-state index in [1.54, 1.807) is 31.4 Å². The van der Waals surface area contributed by atoms with Crippen molar-refractivity contribution in [1.29, 1.82) is 0 Å². The monoisotopic (exact) mass is 262 g/mol. The maximum atomic E-state index is 11.9. The van der Waals surface area contributed by atoms with Gasteiger partial charge in [0, 0.05) is 11.3 Å². The predicted octanol–water partition coefficient (Wildman–Crippen LogP) is 3.38. The minimum absolute atomic E-state index is 0.188. The minimum Gasteiger partial charge on any atom is -0.497 e. The molecule has 0 aromatic heterocycles. The molecule has 0 aliphatic heterocycles. The third kappa shape index (κ3) is 5.12. The SMILES string of the molecule is CCCC(CCC)=NNC(=O)c1ccc(OC)cc1. The van der Waals surface area contributed by atoms with Crippen LogP contribution in [0.3, 0.4) is 0 Å². The second kappa shape index (κ2) is 8.29. The predicted molar refractivity (Wildman–Crippen MR) is 77.7 cm³/mol. The summed E-state index contributed by atoms with van der Waals surface area (Å²) in [7, 11) is 1.60. The summed E-state index contributed by atoms with van der Waals surface area (Å²) >= 11 is 0. The number of carbonyl (C=O) groups excluding carboxylic acids is 1. The molecule has 0 spiro atoms. The number of benzene rings is 1. The molecule has 0 unspecified atom stereocenters. The van der Waals surface area contributed by atoms with Gasteiger partial charge in [0.15, 0.2) is 0 Å². The number of hydrogen-bond acceptors (Lipinski definition) is 3. The fraction of sp³-hybridized carbons (Fsp3) is 0.467. The van der Waals surface area contributed by atoms with E-state index in [0.29, 0.717) is 5.56 Å². The molecular weight excluding hydrogens is 240 g/mol. The van der Waals surface area contributed by atoms with Gasteiger partial charge in [-0.3, -0.25) is 4.79 Å². The van der Waals surface area contributed by atoms with E-state index in [-0.39, 0.29) is 5.91 Å². The van der Waals surface area contributed by atoms with Crippen molar-refractivity contribution < 1.29 is 9.53 Å². The zero-order valence-corrected chi connectivity index (χ0v) is 11.9. The topological polar surface area (TPSA) is 50.7 Å². The molecule has 1 aromatic rings. The van der Waals surface area contributed by atoms with Gasteiger partial charge in [-0.25, -0.2) is 5.43 Å². The van der Waals surface area contributed by atoms with Gasteiger partial charge in [0.1, 0.15) is 5.75 Å². The lowest BCUT2D eigenvalue weighted by molar-refractivity contribution is 0.0954. The number of ether oxygens (including phenoxy) is 1. The third-order valence-electron chi connectivity index (χ3n) is 2.74. The summed E-state index contributed by atoms with van der Waals surface area (Å²) in [6.45, 7) is 4.22. The number of hydrazone groups is 1. The Kier molecular flexibility index (Phi) is 6.64. The molecule has 1 amide bonds. The molecule has 0 aliphatic rings. The summed E-state index contributed by atoms with van der Waals surface area (Å²) in [6.07, 6.45) is 3.93. The number of hydrogen-bond donors (Lipinski definition) is 1. The van der Waals surface area contributed by atoms with Gasteiger partial charge in [0.2, 0.25) is 0 Å². The molecule has 0 saturated carbocycles. The number of nitrogens with one attached hydrogen (secondary N) is 1. The average molecular weight is 262 g/mol. The molecular formula is C15H22N2O2. The van der Waals surface area contributed by atoms with Gasteiger partial charge in [-0.05, 0) is 37.1 Å².